The minimum absolute atomic E-state index is 0.436. The lowest BCUT2D eigenvalue weighted by Crippen LogP contribution is -2.33. The van der Waals surface area contributed by atoms with Crippen LogP contribution in [0.5, 0.6) is 0 Å². The van der Waals surface area contributed by atoms with Gasteiger partial charge < -0.3 is 5.32 Å². The molecule has 0 bridgehead atoms. The largest absolute Gasteiger partial charge is 0.313 e. The summed E-state index contributed by atoms with van der Waals surface area (Å²) in [6, 6.07) is 0.436. The van der Waals surface area contributed by atoms with Gasteiger partial charge in [-0.15, -0.1) is 22.7 Å². The Hall–Kier alpha value is -0.780. The number of nitrogens with zero attached hydrogens (tertiary/aromatic N) is 2. The van der Waals surface area contributed by atoms with Crippen LogP contribution in [0, 0.1) is 20.8 Å². The molecule has 2 heterocycles. The van der Waals surface area contributed by atoms with E-state index in [2.05, 4.69) is 48.4 Å². The highest BCUT2D eigenvalue weighted by molar-refractivity contribution is 7.11. The molecule has 1 unspecified atom stereocenters. The first kappa shape index (κ1) is 15.6. The summed E-state index contributed by atoms with van der Waals surface area (Å²) >= 11 is 3.59. The number of aryl methyl sites for hydroxylation is 3. The predicted molar refractivity (Wildman–Crippen MR) is 87.9 cm³/mol. The lowest BCUT2D eigenvalue weighted by molar-refractivity contribution is 0.502. The third-order valence-electron chi connectivity index (χ3n) is 3.26. The summed E-state index contributed by atoms with van der Waals surface area (Å²) in [6.07, 6.45) is 3.15. The standard InChI is InChI=1S/C15H23N3S2/c1-5-6-16-13(7-14-17-10(2)9-19-14)8-15-18-11(3)12(4)20-15/h9,13,16H,5-8H2,1-4H3. The topological polar surface area (TPSA) is 37.8 Å². The van der Waals surface area contributed by atoms with Crippen LogP contribution < -0.4 is 5.32 Å². The van der Waals surface area contributed by atoms with Crippen molar-refractivity contribution < 1.29 is 0 Å². The van der Waals surface area contributed by atoms with Crippen molar-refractivity contribution in [1.82, 2.24) is 15.3 Å². The van der Waals surface area contributed by atoms with Gasteiger partial charge in [0.05, 0.1) is 15.7 Å². The van der Waals surface area contributed by atoms with Crippen LogP contribution in [-0.2, 0) is 12.8 Å². The van der Waals surface area contributed by atoms with E-state index >= 15 is 0 Å². The second-order valence-corrected chi connectivity index (χ2v) is 7.42. The number of rotatable bonds is 7. The van der Waals surface area contributed by atoms with E-state index in [9.17, 15) is 0 Å². The van der Waals surface area contributed by atoms with Gasteiger partial charge in [0.25, 0.3) is 0 Å². The van der Waals surface area contributed by atoms with Crippen LogP contribution in [0.4, 0.5) is 0 Å². The normalized spacial score (nSPS) is 12.8. The zero-order valence-corrected chi connectivity index (χ0v) is 14.3. The second-order valence-electron chi connectivity index (χ2n) is 5.19. The Balaban J connectivity index is 2.02. The van der Waals surface area contributed by atoms with Crippen molar-refractivity contribution in [1.29, 1.82) is 0 Å². The summed E-state index contributed by atoms with van der Waals surface area (Å²) < 4.78 is 0. The zero-order valence-electron chi connectivity index (χ0n) is 12.7. The highest BCUT2D eigenvalue weighted by Gasteiger charge is 2.15. The summed E-state index contributed by atoms with van der Waals surface area (Å²) in [5.74, 6) is 0. The number of aromatic nitrogens is 2. The Morgan fingerprint density at radius 3 is 2.45 bits per heavy atom. The van der Waals surface area contributed by atoms with Gasteiger partial charge >= 0.3 is 0 Å². The molecule has 2 rings (SSSR count). The predicted octanol–water partition coefficient (Wildman–Crippen LogP) is 3.68. The fourth-order valence-electron chi connectivity index (χ4n) is 2.11. The molecular formula is C15H23N3S2. The first-order chi connectivity index (χ1) is 9.58. The summed E-state index contributed by atoms with van der Waals surface area (Å²) in [4.78, 5) is 10.6. The van der Waals surface area contributed by atoms with Gasteiger partial charge in [-0.2, -0.15) is 0 Å². The van der Waals surface area contributed by atoms with Crippen LogP contribution in [0.1, 0.15) is 39.6 Å². The second kappa shape index (κ2) is 7.29. The van der Waals surface area contributed by atoms with Crippen LogP contribution in [0.3, 0.4) is 0 Å². The summed E-state index contributed by atoms with van der Waals surface area (Å²) in [7, 11) is 0. The van der Waals surface area contributed by atoms with Gasteiger partial charge in [-0.05, 0) is 33.7 Å². The van der Waals surface area contributed by atoms with Gasteiger partial charge in [0.2, 0.25) is 0 Å². The SMILES string of the molecule is CCCNC(Cc1nc(C)cs1)Cc1nc(C)c(C)s1. The van der Waals surface area contributed by atoms with Gasteiger partial charge in [0, 0.05) is 34.8 Å². The molecule has 2 aromatic rings. The minimum Gasteiger partial charge on any atom is -0.313 e. The highest BCUT2D eigenvalue weighted by Crippen LogP contribution is 2.19. The lowest BCUT2D eigenvalue weighted by Gasteiger charge is -2.16. The number of nitrogens with one attached hydrogen (secondary N) is 1. The van der Waals surface area contributed by atoms with Crippen molar-refractivity contribution in [2.24, 2.45) is 0 Å². The molecule has 3 nitrogen and oxygen atoms in total. The van der Waals surface area contributed by atoms with Crippen LogP contribution in [0.15, 0.2) is 5.38 Å². The van der Waals surface area contributed by atoms with E-state index in [1.54, 1.807) is 11.3 Å². The Kier molecular flexibility index (Phi) is 5.69. The van der Waals surface area contributed by atoms with Crippen LogP contribution in [0.25, 0.3) is 0 Å². The maximum absolute atomic E-state index is 4.67. The molecule has 5 heteroatoms. The van der Waals surface area contributed by atoms with E-state index in [-0.39, 0.29) is 0 Å². The van der Waals surface area contributed by atoms with Crippen LogP contribution in [0.2, 0.25) is 0 Å². The first-order valence-electron chi connectivity index (χ1n) is 7.15. The van der Waals surface area contributed by atoms with Crippen LogP contribution >= 0.6 is 22.7 Å². The molecule has 0 amide bonds. The third kappa shape index (κ3) is 4.36. The number of hydrogen-bond acceptors (Lipinski definition) is 5. The van der Waals surface area contributed by atoms with E-state index in [0.717, 1.165) is 31.5 Å². The van der Waals surface area contributed by atoms with Crippen molar-refractivity contribution in [2.75, 3.05) is 6.54 Å². The summed E-state index contributed by atoms with van der Waals surface area (Å²) in [5.41, 5.74) is 2.30. The maximum Gasteiger partial charge on any atom is 0.0946 e. The molecule has 0 radical (unpaired) electrons. The van der Waals surface area contributed by atoms with E-state index in [0.29, 0.717) is 6.04 Å². The summed E-state index contributed by atoms with van der Waals surface area (Å²) in [6.45, 7) is 9.55. The maximum atomic E-state index is 4.67. The molecule has 2 aromatic heterocycles. The molecule has 110 valence electrons. The number of hydrogen-bond donors (Lipinski definition) is 1. The van der Waals surface area contributed by atoms with E-state index < -0.39 is 0 Å². The molecule has 20 heavy (non-hydrogen) atoms. The van der Waals surface area contributed by atoms with Gasteiger partial charge in [-0.1, -0.05) is 6.92 Å². The smallest absolute Gasteiger partial charge is 0.0946 e. The molecule has 1 atom stereocenters. The Bertz CT molecular complexity index is 526. The fraction of sp³-hybridized carbons (Fsp3) is 0.600. The van der Waals surface area contributed by atoms with E-state index in [1.165, 1.54) is 20.6 Å². The Morgan fingerprint density at radius 2 is 1.90 bits per heavy atom. The molecule has 0 aliphatic heterocycles. The highest BCUT2D eigenvalue weighted by atomic mass is 32.1. The Morgan fingerprint density at radius 1 is 1.15 bits per heavy atom. The monoisotopic (exact) mass is 309 g/mol. The molecular weight excluding hydrogens is 286 g/mol. The van der Waals surface area contributed by atoms with Gasteiger partial charge in [0.1, 0.15) is 0 Å². The van der Waals surface area contributed by atoms with Crippen molar-refractivity contribution in [3.8, 4) is 0 Å². The van der Waals surface area contributed by atoms with E-state index in [4.69, 9.17) is 0 Å². The molecule has 0 aliphatic carbocycles. The third-order valence-corrected chi connectivity index (χ3v) is 5.35. The molecule has 0 fully saturated rings. The minimum atomic E-state index is 0.436. The number of thiazole rings is 2. The fourth-order valence-corrected chi connectivity index (χ4v) is 3.98. The van der Waals surface area contributed by atoms with Gasteiger partial charge in [0.15, 0.2) is 0 Å². The van der Waals surface area contributed by atoms with Crippen molar-refractivity contribution in [3.05, 3.63) is 31.7 Å². The summed E-state index contributed by atoms with van der Waals surface area (Å²) in [5, 5.41) is 8.23. The molecule has 0 aromatic carbocycles. The molecule has 0 saturated heterocycles. The average Bonchev–Trinajstić information content (AvgIpc) is 2.93. The lowest BCUT2D eigenvalue weighted by atomic mass is 10.1. The molecule has 1 N–H and O–H groups in total. The average molecular weight is 310 g/mol. The van der Waals surface area contributed by atoms with Crippen molar-refractivity contribution in [3.63, 3.8) is 0 Å². The van der Waals surface area contributed by atoms with Gasteiger partial charge in [-0.25, -0.2) is 9.97 Å². The molecule has 0 spiro atoms. The van der Waals surface area contributed by atoms with Gasteiger partial charge in [-0.3, -0.25) is 0 Å². The van der Waals surface area contributed by atoms with Crippen LogP contribution in [-0.4, -0.2) is 22.6 Å². The first-order valence-corrected chi connectivity index (χ1v) is 8.85. The van der Waals surface area contributed by atoms with Crippen molar-refractivity contribution >= 4 is 22.7 Å². The Labute approximate surface area is 129 Å². The van der Waals surface area contributed by atoms with Crippen molar-refractivity contribution in [2.45, 2.75) is 53.0 Å². The zero-order chi connectivity index (χ0) is 14.5. The molecule has 0 saturated carbocycles. The van der Waals surface area contributed by atoms with E-state index in [1.807, 2.05) is 11.3 Å². The quantitative estimate of drug-likeness (QED) is 0.848. The molecule has 0 aliphatic rings.